The fourth-order valence-electron chi connectivity index (χ4n) is 3.46. The third-order valence-corrected chi connectivity index (χ3v) is 5.15. The van der Waals surface area contributed by atoms with E-state index in [1.54, 1.807) is 18.5 Å². The van der Waals surface area contributed by atoms with E-state index in [9.17, 15) is 9.50 Å². The van der Waals surface area contributed by atoms with Crippen molar-refractivity contribution in [2.24, 2.45) is 5.41 Å². The van der Waals surface area contributed by atoms with E-state index < -0.39 is 5.41 Å². The first-order chi connectivity index (χ1) is 14.7. The van der Waals surface area contributed by atoms with Crippen LogP contribution in [0.5, 0.6) is 0 Å². The molecule has 5 heteroatoms. The largest absolute Gasteiger partial charge is 0.395 e. The van der Waals surface area contributed by atoms with Crippen molar-refractivity contribution in [2.45, 2.75) is 12.8 Å². The molecule has 4 rings (SSSR count). The molecule has 3 aromatic rings. The molecule has 1 unspecified atom stereocenters. The van der Waals surface area contributed by atoms with Crippen LogP contribution in [0.4, 0.5) is 4.39 Å². The van der Waals surface area contributed by atoms with Crippen LogP contribution in [0.15, 0.2) is 103 Å². The molecule has 3 nitrogen and oxygen atoms in total. The lowest BCUT2D eigenvalue weighted by atomic mass is 9.79. The van der Waals surface area contributed by atoms with E-state index in [-0.39, 0.29) is 12.4 Å². The number of halogens is 1. The van der Waals surface area contributed by atoms with Crippen LogP contribution < -0.4 is 0 Å². The summed E-state index contributed by atoms with van der Waals surface area (Å²) in [4.78, 5) is 7.09. The van der Waals surface area contributed by atoms with E-state index in [0.29, 0.717) is 12.8 Å². The first-order valence-electron chi connectivity index (χ1n) is 10.1. The highest BCUT2D eigenvalue weighted by molar-refractivity contribution is 6.21. The van der Waals surface area contributed by atoms with Gasteiger partial charge in [0.25, 0.3) is 0 Å². The summed E-state index contributed by atoms with van der Waals surface area (Å²) in [5, 5.41) is 9.38. The number of imidazole rings is 1. The molecule has 0 aliphatic heterocycles. The quantitative estimate of drug-likeness (QED) is 0.622. The van der Waals surface area contributed by atoms with Gasteiger partial charge < -0.3 is 10.1 Å². The molecule has 0 spiro atoms. The third-order valence-electron chi connectivity index (χ3n) is 5.15. The first kappa shape index (κ1) is 21.5. The van der Waals surface area contributed by atoms with Crippen LogP contribution in [0, 0.1) is 5.41 Å². The summed E-state index contributed by atoms with van der Waals surface area (Å²) in [6.45, 7) is -0.00597. The van der Waals surface area contributed by atoms with Gasteiger partial charge in [-0.05, 0) is 35.3 Å². The Hall–Kier alpha value is -3.18. The molecule has 1 aliphatic carbocycles. The zero-order chi connectivity index (χ0) is 21.2. The number of aromatic nitrogens is 2. The minimum atomic E-state index is -0.409. The predicted molar refractivity (Wildman–Crippen MR) is 123 cm³/mol. The summed E-state index contributed by atoms with van der Waals surface area (Å²) in [5.41, 5.74) is 3.42. The molecule has 0 amide bonds. The van der Waals surface area contributed by atoms with E-state index >= 15 is 0 Å². The summed E-state index contributed by atoms with van der Waals surface area (Å²) < 4.78 is 12.8. The van der Waals surface area contributed by atoms with E-state index in [1.807, 2.05) is 12.1 Å². The van der Waals surface area contributed by atoms with Crippen molar-refractivity contribution in [2.75, 3.05) is 6.61 Å². The molecule has 0 saturated carbocycles. The number of H-pyrrole nitrogens is 1. The SMILES string of the molecule is BC=C(c1ccccc1)c1ccccc1.OCC1(Cc2ncc[nH]2)C=CC(F)=CC1. The van der Waals surface area contributed by atoms with E-state index in [4.69, 9.17) is 0 Å². The Morgan fingerprint density at radius 2 is 1.73 bits per heavy atom. The molecule has 1 heterocycles. The van der Waals surface area contributed by atoms with E-state index in [0.717, 1.165) is 5.82 Å². The van der Waals surface area contributed by atoms with Gasteiger partial charge in [0, 0.05) is 24.2 Å². The summed E-state index contributed by atoms with van der Waals surface area (Å²) in [6, 6.07) is 20.9. The van der Waals surface area contributed by atoms with Gasteiger partial charge in [0.05, 0.1) is 6.61 Å². The van der Waals surface area contributed by atoms with Crippen molar-refractivity contribution in [3.05, 3.63) is 120 Å². The number of nitrogens with zero attached hydrogens (tertiary/aromatic N) is 1. The zero-order valence-electron chi connectivity index (χ0n) is 17.1. The minimum Gasteiger partial charge on any atom is -0.395 e. The Labute approximate surface area is 178 Å². The van der Waals surface area contributed by atoms with E-state index in [2.05, 4.69) is 72.3 Å². The Bertz CT molecular complexity index is 957. The van der Waals surface area contributed by atoms with Crippen molar-refractivity contribution >= 4 is 13.4 Å². The molecule has 0 bridgehead atoms. The summed E-state index contributed by atoms with van der Waals surface area (Å²) in [5.74, 6) is 2.73. The number of allylic oxidation sites excluding steroid dienone is 3. The van der Waals surface area contributed by atoms with Crippen LogP contribution in [0.2, 0.25) is 0 Å². The third kappa shape index (κ3) is 5.68. The highest BCUT2D eigenvalue weighted by Crippen LogP contribution is 2.32. The van der Waals surface area contributed by atoms with E-state index in [1.165, 1.54) is 28.9 Å². The summed E-state index contributed by atoms with van der Waals surface area (Å²) in [6.07, 6.45) is 9.14. The van der Waals surface area contributed by atoms with Gasteiger partial charge in [-0.25, -0.2) is 9.37 Å². The predicted octanol–water partition coefficient (Wildman–Crippen LogP) is 4.45. The molecule has 1 atom stereocenters. The van der Waals surface area contributed by atoms with Crippen molar-refractivity contribution < 1.29 is 9.50 Å². The summed E-state index contributed by atoms with van der Waals surface area (Å²) >= 11 is 0. The molecule has 30 heavy (non-hydrogen) atoms. The lowest BCUT2D eigenvalue weighted by molar-refractivity contribution is 0.166. The Morgan fingerprint density at radius 3 is 2.17 bits per heavy atom. The fourth-order valence-corrected chi connectivity index (χ4v) is 3.46. The molecule has 2 N–H and O–H groups in total. The van der Waals surface area contributed by atoms with Gasteiger partial charge in [-0.2, -0.15) is 0 Å². The average molecular weight is 400 g/mol. The maximum atomic E-state index is 12.8. The topological polar surface area (TPSA) is 48.9 Å². The highest BCUT2D eigenvalue weighted by atomic mass is 19.1. The number of hydrogen-bond donors (Lipinski definition) is 2. The normalized spacial score (nSPS) is 17.5. The van der Waals surface area contributed by atoms with Gasteiger partial charge in [0.15, 0.2) is 0 Å². The number of hydrogen-bond acceptors (Lipinski definition) is 2. The monoisotopic (exact) mass is 400 g/mol. The molecular formula is C25H26BFN2O. The number of benzene rings is 2. The van der Waals surface area contributed by atoms with Crippen LogP contribution in [-0.4, -0.2) is 29.5 Å². The minimum absolute atomic E-state index is 0.00597. The molecule has 152 valence electrons. The lowest BCUT2D eigenvalue weighted by Crippen LogP contribution is -2.27. The van der Waals surface area contributed by atoms with Gasteiger partial charge in [-0.15, -0.1) is 5.98 Å². The van der Waals surface area contributed by atoms with Crippen molar-refractivity contribution in [1.29, 1.82) is 0 Å². The second-order valence-electron chi connectivity index (χ2n) is 7.29. The molecule has 2 aromatic carbocycles. The fraction of sp³-hybridized carbons (Fsp3) is 0.160. The van der Waals surface area contributed by atoms with Crippen LogP contribution in [0.3, 0.4) is 0 Å². The number of rotatable bonds is 5. The first-order valence-corrected chi connectivity index (χ1v) is 10.1. The number of aliphatic hydroxyl groups excluding tert-OH is 1. The Morgan fingerprint density at radius 1 is 1.10 bits per heavy atom. The van der Waals surface area contributed by atoms with Gasteiger partial charge in [-0.3, -0.25) is 0 Å². The maximum absolute atomic E-state index is 12.8. The molecule has 0 radical (unpaired) electrons. The van der Waals surface area contributed by atoms with Crippen LogP contribution in [0.1, 0.15) is 23.4 Å². The maximum Gasteiger partial charge on any atom is 0.130 e. The molecule has 0 fully saturated rings. The molecular weight excluding hydrogens is 374 g/mol. The van der Waals surface area contributed by atoms with Crippen molar-refractivity contribution in [3.8, 4) is 0 Å². The summed E-state index contributed by atoms with van der Waals surface area (Å²) in [7, 11) is 2.08. The zero-order valence-corrected chi connectivity index (χ0v) is 17.1. The number of aliphatic hydroxyl groups is 1. The highest BCUT2D eigenvalue weighted by Gasteiger charge is 2.29. The van der Waals surface area contributed by atoms with Gasteiger partial charge in [0.1, 0.15) is 19.5 Å². The van der Waals surface area contributed by atoms with Crippen molar-refractivity contribution in [3.63, 3.8) is 0 Å². The van der Waals surface area contributed by atoms with Gasteiger partial charge >= 0.3 is 0 Å². The van der Waals surface area contributed by atoms with Crippen LogP contribution >= 0.6 is 0 Å². The molecule has 0 saturated heterocycles. The Kier molecular flexibility index (Phi) is 7.58. The lowest BCUT2D eigenvalue weighted by Gasteiger charge is -2.28. The Balaban J connectivity index is 0.000000171. The number of nitrogens with one attached hydrogen (secondary N) is 1. The standard InChI is InChI=1S/C14H13B.C11H13FN2O/c15-11-14(12-7-3-1-4-8-12)13-9-5-2-6-10-13;12-9-1-3-11(8-15,4-2-9)7-10-13-5-6-14-10/h1-11H,15H2;1-3,5-6,15H,4,7-8H2,(H,13,14). The molecule has 1 aliphatic rings. The smallest absolute Gasteiger partial charge is 0.130 e. The average Bonchev–Trinajstić information content (AvgIpc) is 3.31. The molecule has 1 aromatic heterocycles. The van der Waals surface area contributed by atoms with Crippen molar-refractivity contribution in [1.82, 2.24) is 9.97 Å². The van der Waals surface area contributed by atoms with Crippen LogP contribution in [0.25, 0.3) is 5.57 Å². The van der Waals surface area contributed by atoms with Gasteiger partial charge in [-0.1, -0.05) is 66.7 Å². The van der Waals surface area contributed by atoms with Crippen LogP contribution in [-0.2, 0) is 6.42 Å². The second-order valence-corrected chi connectivity index (χ2v) is 7.29. The number of aromatic amines is 1. The van der Waals surface area contributed by atoms with Gasteiger partial charge in [0.2, 0.25) is 0 Å². The second kappa shape index (κ2) is 10.6.